The predicted octanol–water partition coefficient (Wildman–Crippen LogP) is 2.41. The molecular weight excluding hydrogens is 228 g/mol. The van der Waals surface area contributed by atoms with Crippen molar-refractivity contribution < 1.29 is 9.53 Å². The minimum absolute atomic E-state index is 0.0611. The van der Waals surface area contributed by atoms with E-state index in [1.807, 2.05) is 12.1 Å². The molecular formula is C14H20N2O2. The largest absolute Gasteiger partial charge is 0.385 e. The Morgan fingerprint density at radius 1 is 1.50 bits per heavy atom. The molecule has 0 unspecified atom stereocenters. The van der Waals surface area contributed by atoms with Crippen molar-refractivity contribution >= 4 is 17.3 Å². The zero-order valence-electron chi connectivity index (χ0n) is 10.8. The van der Waals surface area contributed by atoms with Crippen LogP contribution in [0.3, 0.4) is 0 Å². The van der Waals surface area contributed by atoms with E-state index in [9.17, 15) is 4.79 Å². The van der Waals surface area contributed by atoms with Crippen molar-refractivity contribution in [3.63, 3.8) is 0 Å². The molecule has 2 rings (SSSR count). The number of benzene rings is 1. The van der Waals surface area contributed by atoms with Crippen LogP contribution in [0.25, 0.3) is 0 Å². The standard InChI is InChI=1S/C14H20N2O2/c1-18-10-4-8-14(17)16-13-7-2-6-12-11(13)5-3-9-15-12/h2,6-7,15H,3-5,8-10H2,1H3,(H,16,17). The fraction of sp³-hybridized carbons (Fsp3) is 0.500. The number of carbonyl (C=O) groups excluding carboxylic acids is 1. The van der Waals surface area contributed by atoms with Crippen LogP contribution in [0, 0.1) is 0 Å². The summed E-state index contributed by atoms with van der Waals surface area (Å²) in [6, 6.07) is 6.01. The molecule has 1 aliphatic rings. The molecule has 0 bridgehead atoms. The van der Waals surface area contributed by atoms with Gasteiger partial charge in [-0.1, -0.05) is 6.07 Å². The van der Waals surface area contributed by atoms with Crippen molar-refractivity contribution in [3.8, 4) is 0 Å². The topological polar surface area (TPSA) is 50.4 Å². The van der Waals surface area contributed by atoms with E-state index in [0.29, 0.717) is 13.0 Å². The van der Waals surface area contributed by atoms with Gasteiger partial charge in [-0.15, -0.1) is 0 Å². The summed E-state index contributed by atoms with van der Waals surface area (Å²) in [5.74, 6) is 0.0611. The molecule has 0 spiro atoms. The molecule has 0 saturated heterocycles. The highest BCUT2D eigenvalue weighted by atomic mass is 16.5. The Labute approximate surface area is 108 Å². The Bertz CT molecular complexity index is 418. The van der Waals surface area contributed by atoms with Gasteiger partial charge in [0.1, 0.15) is 0 Å². The van der Waals surface area contributed by atoms with Gasteiger partial charge in [-0.2, -0.15) is 0 Å². The van der Waals surface area contributed by atoms with Gasteiger partial charge in [0.25, 0.3) is 0 Å². The first-order chi connectivity index (χ1) is 8.81. The van der Waals surface area contributed by atoms with Crippen molar-refractivity contribution in [1.29, 1.82) is 0 Å². The number of ether oxygens (including phenoxy) is 1. The highest BCUT2D eigenvalue weighted by Gasteiger charge is 2.13. The smallest absolute Gasteiger partial charge is 0.224 e. The number of hydrogen-bond acceptors (Lipinski definition) is 3. The highest BCUT2D eigenvalue weighted by molar-refractivity contribution is 5.92. The first-order valence-corrected chi connectivity index (χ1v) is 6.46. The van der Waals surface area contributed by atoms with Gasteiger partial charge in [-0.05, 0) is 37.0 Å². The first kappa shape index (κ1) is 12.9. The Balaban J connectivity index is 1.98. The third-order valence-electron chi connectivity index (χ3n) is 3.12. The maximum atomic E-state index is 11.8. The zero-order chi connectivity index (χ0) is 12.8. The molecule has 0 fully saturated rings. The van der Waals surface area contributed by atoms with Crippen LogP contribution < -0.4 is 10.6 Å². The molecule has 0 atom stereocenters. The second-order valence-electron chi connectivity index (χ2n) is 4.51. The van der Waals surface area contributed by atoms with E-state index in [4.69, 9.17) is 4.74 Å². The Hall–Kier alpha value is -1.55. The molecule has 4 heteroatoms. The quantitative estimate of drug-likeness (QED) is 0.787. The van der Waals surface area contributed by atoms with Crippen LogP contribution in [-0.2, 0) is 16.0 Å². The summed E-state index contributed by atoms with van der Waals surface area (Å²) in [4.78, 5) is 11.8. The molecule has 1 aliphatic heterocycles. The summed E-state index contributed by atoms with van der Waals surface area (Å²) < 4.78 is 4.94. The zero-order valence-corrected chi connectivity index (χ0v) is 10.8. The van der Waals surface area contributed by atoms with Gasteiger partial charge in [-0.25, -0.2) is 0 Å². The number of methoxy groups -OCH3 is 1. The van der Waals surface area contributed by atoms with Crippen molar-refractivity contribution in [1.82, 2.24) is 0 Å². The molecule has 0 radical (unpaired) electrons. The van der Waals surface area contributed by atoms with Gasteiger partial charge in [0.2, 0.25) is 5.91 Å². The second kappa shape index (κ2) is 6.40. The number of nitrogens with one attached hydrogen (secondary N) is 2. The van der Waals surface area contributed by atoms with E-state index in [2.05, 4.69) is 16.7 Å². The maximum Gasteiger partial charge on any atom is 0.224 e. The lowest BCUT2D eigenvalue weighted by Crippen LogP contribution is -2.17. The van der Waals surface area contributed by atoms with E-state index in [1.54, 1.807) is 7.11 Å². The summed E-state index contributed by atoms with van der Waals surface area (Å²) in [6.07, 6.45) is 3.40. The van der Waals surface area contributed by atoms with E-state index in [-0.39, 0.29) is 5.91 Å². The molecule has 1 heterocycles. The lowest BCUT2D eigenvalue weighted by Gasteiger charge is -2.21. The minimum Gasteiger partial charge on any atom is -0.385 e. The molecule has 18 heavy (non-hydrogen) atoms. The molecule has 0 saturated carbocycles. The van der Waals surface area contributed by atoms with Crippen LogP contribution in [-0.4, -0.2) is 26.2 Å². The summed E-state index contributed by atoms with van der Waals surface area (Å²) in [7, 11) is 1.65. The average Bonchev–Trinajstić information content (AvgIpc) is 2.39. The van der Waals surface area contributed by atoms with E-state index < -0.39 is 0 Å². The van der Waals surface area contributed by atoms with E-state index in [0.717, 1.165) is 37.2 Å². The van der Waals surface area contributed by atoms with Crippen molar-refractivity contribution in [2.75, 3.05) is 30.9 Å². The van der Waals surface area contributed by atoms with E-state index in [1.165, 1.54) is 5.56 Å². The lowest BCUT2D eigenvalue weighted by atomic mass is 10.0. The third-order valence-corrected chi connectivity index (χ3v) is 3.12. The number of anilines is 2. The summed E-state index contributed by atoms with van der Waals surface area (Å²) in [5.41, 5.74) is 3.32. The van der Waals surface area contributed by atoms with Gasteiger partial charge in [0.15, 0.2) is 0 Å². The van der Waals surface area contributed by atoms with Gasteiger partial charge in [0.05, 0.1) is 0 Å². The molecule has 0 aliphatic carbocycles. The molecule has 1 aromatic carbocycles. The SMILES string of the molecule is COCCCC(=O)Nc1cccc2c1CCCN2. The summed E-state index contributed by atoms with van der Waals surface area (Å²) in [6.45, 7) is 1.64. The maximum absolute atomic E-state index is 11.8. The Morgan fingerprint density at radius 2 is 2.39 bits per heavy atom. The first-order valence-electron chi connectivity index (χ1n) is 6.46. The second-order valence-corrected chi connectivity index (χ2v) is 4.51. The number of fused-ring (bicyclic) bond motifs is 1. The third kappa shape index (κ3) is 3.23. The Kier molecular flexibility index (Phi) is 4.59. The number of rotatable bonds is 5. The highest BCUT2D eigenvalue weighted by Crippen LogP contribution is 2.28. The number of carbonyl (C=O) groups is 1. The van der Waals surface area contributed by atoms with Crippen LogP contribution in [0.1, 0.15) is 24.8 Å². The molecule has 1 aromatic rings. The van der Waals surface area contributed by atoms with Crippen LogP contribution in [0.15, 0.2) is 18.2 Å². The van der Waals surface area contributed by atoms with E-state index >= 15 is 0 Å². The molecule has 2 N–H and O–H groups in total. The molecule has 98 valence electrons. The van der Waals surface area contributed by atoms with Crippen molar-refractivity contribution in [3.05, 3.63) is 23.8 Å². The van der Waals surface area contributed by atoms with Gasteiger partial charge in [-0.3, -0.25) is 4.79 Å². The van der Waals surface area contributed by atoms with Crippen LogP contribution in [0.2, 0.25) is 0 Å². The van der Waals surface area contributed by atoms with Crippen LogP contribution in [0.5, 0.6) is 0 Å². The van der Waals surface area contributed by atoms with Crippen molar-refractivity contribution in [2.24, 2.45) is 0 Å². The Morgan fingerprint density at radius 3 is 3.22 bits per heavy atom. The van der Waals surface area contributed by atoms with Crippen LogP contribution in [0.4, 0.5) is 11.4 Å². The predicted molar refractivity (Wildman–Crippen MR) is 73.0 cm³/mol. The number of hydrogen-bond donors (Lipinski definition) is 2. The van der Waals surface area contributed by atoms with Crippen molar-refractivity contribution in [2.45, 2.75) is 25.7 Å². The monoisotopic (exact) mass is 248 g/mol. The summed E-state index contributed by atoms with van der Waals surface area (Å²) in [5, 5.41) is 6.35. The molecule has 1 amide bonds. The number of amides is 1. The fourth-order valence-corrected chi connectivity index (χ4v) is 2.22. The fourth-order valence-electron chi connectivity index (χ4n) is 2.22. The molecule has 0 aromatic heterocycles. The van der Waals surface area contributed by atoms with Gasteiger partial charge in [0, 0.05) is 38.1 Å². The average molecular weight is 248 g/mol. The minimum atomic E-state index is 0.0611. The normalized spacial score (nSPS) is 13.6. The van der Waals surface area contributed by atoms with Gasteiger partial charge >= 0.3 is 0 Å². The lowest BCUT2D eigenvalue weighted by molar-refractivity contribution is -0.116. The van der Waals surface area contributed by atoms with Crippen LogP contribution >= 0.6 is 0 Å². The van der Waals surface area contributed by atoms with Gasteiger partial charge < -0.3 is 15.4 Å². The summed E-state index contributed by atoms with van der Waals surface area (Å²) >= 11 is 0. The molecule has 4 nitrogen and oxygen atoms in total.